The highest BCUT2D eigenvalue weighted by Gasteiger charge is 2.39. The van der Waals surface area contributed by atoms with Gasteiger partial charge in [0.05, 0.1) is 30.5 Å². The summed E-state index contributed by atoms with van der Waals surface area (Å²) in [7, 11) is 1.77. The highest BCUT2D eigenvalue weighted by Crippen LogP contribution is 2.36. The van der Waals surface area contributed by atoms with Crippen LogP contribution in [0.25, 0.3) is 5.69 Å². The predicted octanol–water partition coefficient (Wildman–Crippen LogP) is 1.68. The molecule has 2 fully saturated rings. The number of likely N-dealkylation sites (tertiary alicyclic amines) is 1. The average Bonchev–Trinajstić information content (AvgIpc) is 3.42. The van der Waals surface area contributed by atoms with E-state index >= 15 is 0 Å². The molecule has 0 radical (unpaired) electrons. The quantitative estimate of drug-likeness (QED) is 0.848. The van der Waals surface area contributed by atoms with Crippen LogP contribution in [-0.4, -0.2) is 53.3 Å². The van der Waals surface area contributed by atoms with Crippen LogP contribution in [-0.2, 0) is 14.3 Å². The number of ether oxygens (including phenoxy) is 1. The average molecular weight is 386 g/mol. The molecular formula is C20H23FN4O3. The van der Waals surface area contributed by atoms with Crippen molar-refractivity contribution in [2.45, 2.75) is 18.9 Å². The fraction of sp³-hybridized carbons (Fsp3) is 0.450. The van der Waals surface area contributed by atoms with Crippen LogP contribution >= 0.6 is 0 Å². The zero-order chi connectivity index (χ0) is 19.7. The monoisotopic (exact) mass is 386 g/mol. The Morgan fingerprint density at radius 1 is 1.36 bits per heavy atom. The lowest BCUT2D eigenvalue weighted by Gasteiger charge is -2.24. The standard InChI is InChI=1S/C20H23FN4O3/c1-24-18(26)8-14(9-22-20(27)13-6-7-28-12-13)19(24)15-10-23-25(11-15)17-4-2-16(21)3-5-17/h2-5,10-11,13-14,19H,6-9,12H2,1H3,(H,22,27)/t13?,14-,19+/m0/s1. The number of halogens is 1. The molecule has 3 atom stereocenters. The Bertz CT molecular complexity index is 861. The van der Waals surface area contributed by atoms with Crippen molar-refractivity contribution in [1.29, 1.82) is 0 Å². The molecule has 2 amide bonds. The minimum atomic E-state index is -0.305. The van der Waals surface area contributed by atoms with Gasteiger partial charge in [-0.15, -0.1) is 0 Å². The molecule has 148 valence electrons. The van der Waals surface area contributed by atoms with E-state index in [1.807, 2.05) is 6.20 Å². The molecular weight excluding hydrogens is 363 g/mol. The molecule has 2 saturated heterocycles. The van der Waals surface area contributed by atoms with Gasteiger partial charge in [0, 0.05) is 44.3 Å². The minimum absolute atomic E-state index is 0.0136. The molecule has 2 aliphatic heterocycles. The maximum Gasteiger partial charge on any atom is 0.225 e. The topological polar surface area (TPSA) is 76.5 Å². The Labute approximate surface area is 162 Å². The van der Waals surface area contributed by atoms with Gasteiger partial charge in [0.15, 0.2) is 0 Å². The first-order valence-electron chi connectivity index (χ1n) is 9.44. The van der Waals surface area contributed by atoms with E-state index < -0.39 is 0 Å². The van der Waals surface area contributed by atoms with E-state index in [1.165, 1.54) is 12.1 Å². The van der Waals surface area contributed by atoms with Gasteiger partial charge in [-0.05, 0) is 30.7 Å². The summed E-state index contributed by atoms with van der Waals surface area (Å²) in [6.45, 7) is 1.51. The third-order valence-electron chi connectivity index (χ3n) is 5.57. The molecule has 1 N–H and O–H groups in total. The van der Waals surface area contributed by atoms with E-state index in [4.69, 9.17) is 4.74 Å². The Balaban J connectivity index is 1.48. The number of nitrogens with zero attached hydrogens (tertiary/aromatic N) is 3. The SMILES string of the molecule is CN1C(=O)C[C@@H](CNC(=O)C2CCOC2)[C@@H]1c1cnn(-c2ccc(F)cc2)c1. The van der Waals surface area contributed by atoms with Gasteiger partial charge in [0.25, 0.3) is 0 Å². The first-order valence-corrected chi connectivity index (χ1v) is 9.44. The van der Waals surface area contributed by atoms with Crippen molar-refractivity contribution < 1.29 is 18.7 Å². The number of carbonyl (C=O) groups excluding carboxylic acids is 2. The molecule has 8 heteroatoms. The fourth-order valence-electron chi connectivity index (χ4n) is 3.97. The summed E-state index contributed by atoms with van der Waals surface area (Å²) in [6, 6.07) is 5.90. The van der Waals surface area contributed by atoms with Crippen molar-refractivity contribution >= 4 is 11.8 Å². The Kier molecular flexibility index (Phi) is 5.13. The summed E-state index contributed by atoms with van der Waals surface area (Å²) in [6.07, 6.45) is 4.70. The first kappa shape index (κ1) is 18.6. The molecule has 1 aromatic carbocycles. The Morgan fingerprint density at radius 2 is 2.14 bits per heavy atom. The molecule has 3 heterocycles. The lowest BCUT2D eigenvalue weighted by molar-refractivity contribution is -0.128. The summed E-state index contributed by atoms with van der Waals surface area (Å²) in [5.74, 6) is -0.409. The van der Waals surface area contributed by atoms with Crippen molar-refractivity contribution in [3.8, 4) is 5.69 Å². The van der Waals surface area contributed by atoms with Crippen LogP contribution in [0.4, 0.5) is 4.39 Å². The van der Waals surface area contributed by atoms with Gasteiger partial charge in [0.1, 0.15) is 5.82 Å². The summed E-state index contributed by atoms with van der Waals surface area (Å²) >= 11 is 0. The normalized spacial score (nSPS) is 24.7. The maximum absolute atomic E-state index is 13.1. The summed E-state index contributed by atoms with van der Waals surface area (Å²) in [5.41, 5.74) is 1.63. The van der Waals surface area contributed by atoms with Crippen LogP contribution in [0.3, 0.4) is 0 Å². The fourth-order valence-corrected chi connectivity index (χ4v) is 3.97. The van der Waals surface area contributed by atoms with Gasteiger partial charge in [-0.1, -0.05) is 0 Å². The second kappa shape index (κ2) is 7.71. The zero-order valence-electron chi connectivity index (χ0n) is 15.7. The lowest BCUT2D eigenvalue weighted by Crippen LogP contribution is -2.36. The highest BCUT2D eigenvalue weighted by atomic mass is 19.1. The largest absolute Gasteiger partial charge is 0.381 e. The third kappa shape index (κ3) is 3.64. The van der Waals surface area contributed by atoms with E-state index in [-0.39, 0.29) is 35.5 Å². The van der Waals surface area contributed by atoms with E-state index in [0.717, 1.165) is 17.7 Å². The summed E-state index contributed by atoms with van der Waals surface area (Å²) < 4.78 is 20.1. The molecule has 0 aliphatic carbocycles. The van der Waals surface area contributed by atoms with Crippen LogP contribution in [0, 0.1) is 17.7 Å². The van der Waals surface area contributed by atoms with Crippen molar-refractivity contribution in [2.75, 3.05) is 26.8 Å². The van der Waals surface area contributed by atoms with E-state index in [9.17, 15) is 14.0 Å². The van der Waals surface area contributed by atoms with Crippen molar-refractivity contribution in [3.63, 3.8) is 0 Å². The van der Waals surface area contributed by atoms with Gasteiger partial charge in [-0.2, -0.15) is 5.10 Å². The third-order valence-corrected chi connectivity index (χ3v) is 5.57. The van der Waals surface area contributed by atoms with Gasteiger partial charge in [0.2, 0.25) is 11.8 Å². The molecule has 0 saturated carbocycles. The number of amides is 2. The van der Waals surface area contributed by atoms with Crippen LogP contribution in [0.5, 0.6) is 0 Å². The molecule has 4 rings (SSSR count). The van der Waals surface area contributed by atoms with Crippen LogP contribution in [0.15, 0.2) is 36.7 Å². The van der Waals surface area contributed by atoms with Crippen LogP contribution in [0.2, 0.25) is 0 Å². The van der Waals surface area contributed by atoms with Crippen molar-refractivity contribution in [2.24, 2.45) is 11.8 Å². The molecule has 28 heavy (non-hydrogen) atoms. The van der Waals surface area contributed by atoms with E-state index in [0.29, 0.717) is 26.2 Å². The number of aromatic nitrogens is 2. The van der Waals surface area contributed by atoms with Crippen LogP contribution in [0.1, 0.15) is 24.4 Å². The molecule has 1 unspecified atom stereocenters. The Hall–Kier alpha value is -2.74. The maximum atomic E-state index is 13.1. The van der Waals surface area contributed by atoms with Crippen molar-refractivity contribution in [3.05, 3.63) is 48.0 Å². The van der Waals surface area contributed by atoms with Gasteiger partial charge in [-0.3, -0.25) is 9.59 Å². The van der Waals surface area contributed by atoms with Gasteiger partial charge < -0.3 is 15.0 Å². The molecule has 0 spiro atoms. The molecule has 1 aromatic heterocycles. The zero-order valence-corrected chi connectivity index (χ0v) is 15.7. The number of hydrogen-bond acceptors (Lipinski definition) is 4. The number of rotatable bonds is 5. The summed E-state index contributed by atoms with van der Waals surface area (Å²) in [5, 5.41) is 7.35. The molecule has 2 aromatic rings. The number of benzene rings is 1. The predicted molar refractivity (Wildman–Crippen MR) is 99.1 cm³/mol. The summed E-state index contributed by atoms with van der Waals surface area (Å²) in [4.78, 5) is 26.3. The van der Waals surface area contributed by atoms with E-state index in [1.54, 1.807) is 35.0 Å². The van der Waals surface area contributed by atoms with Gasteiger partial charge in [-0.25, -0.2) is 9.07 Å². The second-order valence-electron chi connectivity index (χ2n) is 7.41. The van der Waals surface area contributed by atoms with Gasteiger partial charge >= 0.3 is 0 Å². The first-order chi connectivity index (χ1) is 13.5. The molecule has 2 aliphatic rings. The highest BCUT2D eigenvalue weighted by molar-refractivity contribution is 5.81. The van der Waals surface area contributed by atoms with Crippen LogP contribution < -0.4 is 5.32 Å². The number of nitrogens with one attached hydrogen (secondary N) is 1. The minimum Gasteiger partial charge on any atom is -0.381 e. The molecule has 7 nitrogen and oxygen atoms in total. The number of carbonyl (C=O) groups is 2. The second-order valence-corrected chi connectivity index (χ2v) is 7.41. The Morgan fingerprint density at radius 3 is 2.86 bits per heavy atom. The smallest absolute Gasteiger partial charge is 0.225 e. The van der Waals surface area contributed by atoms with Crippen molar-refractivity contribution in [1.82, 2.24) is 20.0 Å². The number of hydrogen-bond donors (Lipinski definition) is 1. The lowest BCUT2D eigenvalue weighted by atomic mass is 9.95. The molecule has 0 bridgehead atoms. The van der Waals surface area contributed by atoms with E-state index in [2.05, 4.69) is 10.4 Å².